The summed E-state index contributed by atoms with van der Waals surface area (Å²) < 4.78 is 14.0. The third-order valence-electron chi connectivity index (χ3n) is 2.17. The van der Waals surface area contributed by atoms with E-state index in [4.69, 9.17) is 0 Å². The number of rotatable bonds is 2. The molecule has 0 saturated heterocycles. The lowest BCUT2D eigenvalue weighted by molar-refractivity contribution is 0.609. The number of hydrogen-bond donors (Lipinski definition) is 0. The fourth-order valence-electron chi connectivity index (χ4n) is 1.40. The third-order valence-corrected chi connectivity index (χ3v) is 2.85. The summed E-state index contributed by atoms with van der Waals surface area (Å²) in [4.78, 5) is 4.01. The van der Waals surface area contributed by atoms with Crippen LogP contribution in [0, 0.1) is 5.82 Å². The number of benzene rings is 1. The summed E-state index contributed by atoms with van der Waals surface area (Å²) in [6.07, 6.45) is 2.01. The summed E-state index contributed by atoms with van der Waals surface area (Å²) >= 11 is 3.25. The molecule has 0 spiro atoms. The highest BCUT2D eigenvalue weighted by Crippen LogP contribution is 2.20. The second-order valence-corrected chi connectivity index (χ2v) is 3.98. The minimum absolute atomic E-state index is 0.222. The number of nitrogens with zero attached hydrogens (tertiary/aromatic N) is 1. The maximum atomic E-state index is 13.5. The molecular weight excluding hydrogens is 257 g/mol. The normalized spacial score (nSPS) is 10.3. The van der Waals surface area contributed by atoms with Crippen LogP contribution in [0.25, 0.3) is 0 Å². The summed E-state index contributed by atoms with van der Waals surface area (Å²) in [7, 11) is 0. The fraction of sp³-hybridized carbons (Fsp3) is 0.0833. The van der Waals surface area contributed by atoms with Crippen molar-refractivity contribution >= 4 is 15.9 Å². The van der Waals surface area contributed by atoms with Crippen LogP contribution in [0.4, 0.5) is 4.39 Å². The molecule has 0 atom stereocenters. The molecule has 0 aliphatic heterocycles. The van der Waals surface area contributed by atoms with Crippen molar-refractivity contribution < 1.29 is 4.39 Å². The van der Waals surface area contributed by atoms with Crippen LogP contribution in [0.15, 0.2) is 47.2 Å². The predicted molar refractivity (Wildman–Crippen MR) is 61.1 cm³/mol. The lowest BCUT2D eigenvalue weighted by Crippen LogP contribution is -1.95. The first-order valence-corrected chi connectivity index (χ1v) is 5.39. The summed E-state index contributed by atoms with van der Waals surface area (Å²) in [5.74, 6) is -0.222. The molecule has 0 N–H and O–H groups in total. The highest BCUT2D eigenvalue weighted by Gasteiger charge is 2.07. The topological polar surface area (TPSA) is 12.9 Å². The van der Waals surface area contributed by atoms with Gasteiger partial charge in [-0.15, -0.1) is 0 Å². The Morgan fingerprint density at radius 3 is 2.53 bits per heavy atom. The molecule has 0 saturated carbocycles. The second kappa shape index (κ2) is 4.53. The van der Waals surface area contributed by atoms with Crippen LogP contribution < -0.4 is 0 Å². The smallest absolute Gasteiger partial charge is 0.130 e. The van der Waals surface area contributed by atoms with Crippen molar-refractivity contribution in [2.45, 2.75) is 6.42 Å². The van der Waals surface area contributed by atoms with Crippen molar-refractivity contribution in [1.29, 1.82) is 0 Å². The standard InChI is InChI=1S/C12H9BrFN/c13-12-10(11(14)6-7-15-12)8-9-4-2-1-3-5-9/h1-7H,8H2. The largest absolute Gasteiger partial charge is 0.249 e. The van der Waals surface area contributed by atoms with Gasteiger partial charge < -0.3 is 0 Å². The molecule has 2 aromatic rings. The van der Waals surface area contributed by atoms with Crippen LogP contribution in [0.2, 0.25) is 0 Å². The quantitative estimate of drug-likeness (QED) is 0.757. The first kappa shape index (κ1) is 10.3. The van der Waals surface area contributed by atoms with Gasteiger partial charge in [0.05, 0.1) is 0 Å². The van der Waals surface area contributed by atoms with E-state index in [0.29, 0.717) is 16.6 Å². The monoisotopic (exact) mass is 265 g/mol. The zero-order valence-electron chi connectivity index (χ0n) is 7.95. The first-order valence-electron chi connectivity index (χ1n) is 4.60. The van der Waals surface area contributed by atoms with Crippen LogP contribution in [0.3, 0.4) is 0 Å². The Bertz CT molecular complexity index is 436. The average molecular weight is 266 g/mol. The molecule has 3 heteroatoms. The maximum absolute atomic E-state index is 13.5. The Labute approximate surface area is 96.1 Å². The van der Waals surface area contributed by atoms with E-state index in [-0.39, 0.29) is 5.82 Å². The van der Waals surface area contributed by atoms with Crippen molar-refractivity contribution in [1.82, 2.24) is 4.98 Å². The Morgan fingerprint density at radius 1 is 1.13 bits per heavy atom. The van der Waals surface area contributed by atoms with Crippen molar-refractivity contribution in [3.05, 3.63) is 64.1 Å². The van der Waals surface area contributed by atoms with Gasteiger partial charge in [-0.3, -0.25) is 0 Å². The average Bonchev–Trinajstić information content (AvgIpc) is 2.25. The lowest BCUT2D eigenvalue weighted by atomic mass is 10.1. The number of pyridine rings is 1. The molecule has 2 rings (SSSR count). The van der Waals surface area contributed by atoms with Crippen LogP contribution in [0.5, 0.6) is 0 Å². The van der Waals surface area contributed by atoms with E-state index in [0.717, 1.165) is 5.56 Å². The third kappa shape index (κ3) is 2.42. The second-order valence-electron chi connectivity index (χ2n) is 3.22. The lowest BCUT2D eigenvalue weighted by Gasteiger charge is -2.04. The van der Waals surface area contributed by atoms with E-state index in [1.54, 1.807) is 0 Å². The van der Waals surface area contributed by atoms with Crippen LogP contribution in [0.1, 0.15) is 11.1 Å². The van der Waals surface area contributed by atoms with E-state index in [1.165, 1.54) is 12.3 Å². The molecular formula is C12H9BrFN. The van der Waals surface area contributed by atoms with Gasteiger partial charge in [0.15, 0.2) is 0 Å². The Morgan fingerprint density at radius 2 is 1.87 bits per heavy atom. The minimum Gasteiger partial charge on any atom is -0.249 e. The molecule has 15 heavy (non-hydrogen) atoms. The van der Waals surface area contributed by atoms with Gasteiger partial charge in [0.25, 0.3) is 0 Å². The van der Waals surface area contributed by atoms with Gasteiger partial charge >= 0.3 is 0 Å². The molecule has 1 aromatic carbocycles. The van der Waals surface area contributed by atoms with Gasteiger partial charge in [-0.25, -0.2) is 9.37 Å². The SMILES string of the molecule is Fc1ccnc(Br)c1Cc1ccccc1. The van der Waals surface area contributed by atoms with Crippen molar-refractivity contribution in [2.75, 3.05) is 0 Å². The molecule has 76 valence electrons. The molecule has 1 aromatic heterocycles. The zero-order chi connectivity index (χ0) is 10.7. The van der Waals surface area contributed by atoms with E-state index in [9.17, 15) is 4.39 Å². The van der Waals surface area contributed by atoms with Gasteiger partial charge in [0.2, 0.25) is 0 Å². The van der Waals surface area contributed by atoms with E-state index in [2.05, 4.69) is 20.9 Å². The summed E-state index contributed by atoms with van der Waals surface area (Å²) in [6, 6.07) is 11.1. The number of halogens is 2. The van der Waals surface area contributed by atoms with Crippen LogP contribution in [-0.4, -0.2) is 4.98 Å². The van der Waals surface area contributed by atoms with Gasteiger partial charge in [-0.2, -0.15) is 0 Å². The highest BCUT2D eigenvalue weighted by atomic mass is 79.9. The summed E-state index contributed by atoms with van der Waals surface area (Å²) in [6.45, 7) is 0. The highest BCUT2D eigenvalue weighted by molar-refractivity contribution is 9.10. The molecule has 0 bridgehead atoms. The van der Waals surface area contributed by atoms with Crippen LogP contribution >= 0.6 is 15.9 Å². The Hall–Kier alpha value is -1.22. The fourth-order valence-corrected chi connectivity index (χ4v) is 1.85. The summed E-state index contributed by atoms with van der Waals surface area (Å²) in [5, 5.41) is 0. The van der Waals surface area contributed by atoms with Gasteiger partial charge in [0, 0.05) is 18.2 Å². The van der Waals surface area contributed by atoms with Gasteiger partial charge in [0.1, 0.15) is 10.4 Å². The van der Waals surface area contributed by atoms with Gasteiger partial charge in [-0.05, 0) is 27.6 Å². The molecule has 0 fully saturated rings. The number of hydrogen-bond acceptors (Lipinski definition) is 1. The van der Waals surface area contributed by atoms with Crippen molar-refractivity contribution in [2.24, 2.45) is 0 Å². The van der Waals surface area contributed by atoms with E-state index in [1.807, 2.05) is 30.3 Å². The molecule has 1 heterocycles. The minimum atomic E-state index is -0.222. The summed E-state index contributed by atoms with van der Waals surface area (Å²) in [5.41, 5.74) is 1.67. The molecule has 0 radical (unpaired) electrons. The maximum Gasteiger partial charge on any atom is 0.130 e. The molecule has 1 nitrogen and oxygen atoms in total. The first-order chi connectivity index (χ1) is 7.27. The molecule has 0 unspecified atom stereocenters. The van der Waals surface area contributed by atoms with Crippen molar-refractivity contribution in [3.8, 4) is 0 Å². The van der Waals surface area contributed by atoms with Crippen molar-refractivity contribution in [3.63, 3.8) is 0 Å². The Kier molecular flexibility index (Phi) is 3.11. The van der Waals surface area contributed by atoms with E-state index < -0.39 is 0 Å². The predicted octanol–water partition coefficient (Wildman–Crippen LogP) is 3.57. The molecule has 0 aliphatic rings. The van der Waals surface area contributed by atoms with Crippen LogP contribution in [-0.2, 0) is 6.42 Å². The molecule has 0 aliphatic carbocycles. The Balaban J connectivity index is 2.32. The molecule has 0 amide bonds. The van der Waals surface area contributed by atoms with Gasteiger partial charge in [-0.1, -0.05) is 30.3 Å². The zero-order valence-corrected chi connectivity index (χ0v) is 9.54. The number of aromatic nitrogens is 1. The van der Waals surface area contributed by atoms with E-state index >= 15 is 0 Å².